The number of methoxy groups -OCH3 is 1. The Morgan fingerprint density at radius 2 is 2.14 bits per heavy atom. The predicted molar refractivity (Wildman–Crippen MR) is 82.7 cm³/mol. The van der Waals surface area contributed by atoms with E-state index in [-0.39, 0.29) is 24.6 Å². The van der Waals surface area contributed by atoms with Gasteiger partial charge < -0.3 is 20.5 Å². The van der Waals surface area contributed by atoms with Gasteiger partial charge in [0.1, 0.15) is 5.75 Å². The summed E-state index contributed by atoms with van der Waals surface area (Å²) in [4.78, 5) is 12.1. The molecule has 0 heterocycles. The van der Waals surface area contributed by atoms with E-state index in [1.807, 2.05) is 25.1 Å². The molecule has 0 aliphatic heterocycles. The molecule has 0 spiro atoms. The van der Waals surface area contributed by atoms with Crippen molar-refractivity contribution in [2.24, 2.45) is 5.92 Å². The van der Waals surface area contributed by atoms with Crippen LogP contribution in [0.5, 0.6) is 5.75 Å². The number of nitrogens with one attached hydrogen (secondary N) is 2. The van der Waals surface area contributed by atoms with Crippen molar-refractivity contribution in [3.63, 3.8) is 0 Å². The Morgan fingerprint density at radius 1 is 1.38 bits per heavy atom. The van der Waals surface area contributed by atoms with Gasteiger partial charge in [0.2, 0.25) is 0 Å². The summed E-state index contributed by atoms with van der Waals surface area (Å²) >= 11 is 0. The molecule has 1 fully saturated rings. The van der Waals surface area contributed by atoms with Crippen molar-refractivity contribution in [3.05, 3.63) is 23.8 Å². The van der Waals surface area contributed by atoms with E-state index in [1.165, 1.54) is 0 Å². The fourth-order valence-corrected chi connectivity index (χ4v) is 2.91. The van der Waals surface area contributed by atoms with Crippen LogP contribution in [0, 0.1) is 12.8 Å². The summed E-state index contributed by atoms with van der Waals surface area (Å²) in [6.45, 7) is 2.07. The second-order valence-electron chi connectivity index (χ2n) is 5.62. The number of aliphatic hydroxyl groups excluding tert-OH is 1. The molecule has 0 aromatic heterocycles. The summed E-state index contributed by atoms with van der Waals surface area (Å²) in [5.74, 6) is 0.968. The summed E-state index contributed by atoms with van der Waals surface area (Å²) in [5, 5.41) is 15.2. The Hall–Kier alpha value is -1.75. The van der Waals surface area contributed by atoms with Crippen molar-refractivity contribution in [1.29, 1.82) is 0 Å². The number of carbonyl (C=O) groups is 1. The third-order valence-corrected chi connectivity index (χ3v) is 4.11. The zero-order valence-corrected chi connectivity index (χ0v) is 12.7. The van der Waals surface area contributed by atoms with Crippen molar-refractivity contribution in [3.8, 4) is 5.75 Å². The highest BCUT2D eigenvalue weighted by Crippen LogP contribution is 2.24. The average Bonchev–Trinajstić information content (AvgIpc) is 2.48. The first-order valence-electron chi connectivity index (χ1n) is 7.47. The fourth-order valence-electron chi connectivity index (χ4n) is 2.91. The number of rotatable bonds is 4. The Balaban J connectivity index is 1.93. The molecule has 0 unspecified atom stereocenters. The maximum atomic E-state index is 12.1. The van der Waals surface area contributed by atoms with E-state index in [2.05, 4.69) is 10.6 Å². The Kier molecular flexibility index (Phi) is 5.44. The first kappa shape index (κ1) is 15.6. The zero-order chi connectivity index (χ0) is 15.2. The third-order valence-electron chi connectivity index (χ3n) is 4.11. The first-order chi connectivity index (χ1) is 10.1. The highest BCUT2D eigenvalue weighted by atomic mass is 16.5. The van der Waals surface area contributed by atoms with Gasteiger partial charge >= 0.3 is 6.03 Å². The molecule has 0 bridgehead atoms. The summed E-state index contributed by atoms with van der Waals surface area (Å²) in [6, 6.07) is 5.37. The molecule has 1 aromatic rings. The molecule has 0 radical (unpaired) electrons. The van der Waals surface area contributed by atoms with Crippen LogP contribution in [-0.4, -0.2) is 30.9 Å². The quantitative estimate of drug-likeness (QED) is 0.799. The van der Waals surface area contributed by atoms with Crippen molar-refractivity contribution in [2.75, 3.05) is 19.0 Å². The second-order valence-corrected chi connectivity index (χ2v) is 5.62. The lowest BCUT2D eigenvalue weighted by atomic mass is 9.85. The fraction of sp³-hybridized carbons (Fsp3) is 0.562. The van der Waals surface area contributed by atoms with Gasteiger partial charge in [-0.1, -0.05) is 12.8 Å². The lowest BCUT2D eigenvalue weighted by Gasteiger charge is -2.30. The molecule has 1 aliphatic rings. The Morgan fingerprint density at radius 3 is 2.81 bits per heavy atom. The van der Waals surface area contributed by atoms with Crippen LogP contribution in [0.4, 0.5) is 10.5 Å². The minimum absolute atomic E-state index is 0.0584. The molecule has 1 aliphatic carbocycles. The molecule has 116 valence electrons. The van der Waals surface area contributed by atoms with Crippen LogP contribution in [0.2, 0.25) is 0 Å². The highest BCUT2D eigenvalue weighted by molar-refractivity contribution is 5.89. The van der Waals surface area contributed by atoms with E-state index in [0.717, 1.165) is 42.7 Å². The number of benzene rings is 1. The third kappa shape index (κ3) is 4.11. The van der Waals surface area contributed by atoms with E-state index >= 15 is 0 Å². The van der Waals surface area contributed by atoms with Gasteiger partial charge in [0.05, 0.1) is 7.11 Å². The maximum Gasteiger partial charge on any atom is 0.319 e. The smallest absolute Gasteiger partial charge is 0.319 e. The number of amides is 2. The molecule has 2 amide bonds. The minimum Gasteiger partial charge on any atom is -0.496 e. The van der Waals surface area contributed by atoms with Gasteiger partial charge in [0, 0.05) is 24.3 Å². The number of carbonyl (C=O) groups excluding carboxylic acids is 1. The normalized spacial score (nSPS) is 21.7. The standard InChI is InChI=1S/C16H24N2O3/c1-11-9-13(7-8-15(11)21-2)17-16(20)18-14-6-4-3-5-12(14)10-19/h7-9,12,14,19H,3-6,10H2,1-2H3,(H2,17,18,20)/t12-,14-/m0/s1. The Labute approximate surface area is 125 Å². The molecule has 5 nitrogen and oxygen atoms in total. The molecule has 1 aromatic carbocycles. The molecule has 0 saturated heterocycles. The van der Waals surface area contributed by atoms with Gasteiger partial charge in [0.15, 0.2) is 0 Å². The Bertz CT molecular complexity index is 490. The van der Waals surface area contributed by atoms with Crippen molar-refractivity contribution in [1.82, 2.24) is 5.32 Å². The number of anilines is 1. The topological polar surface area (TPSA) is 70.6 Å². The molecule has 21 heavy (non-hydrogen) atoms. The molecule has 3 N–H and O–H groups in total. The van der Waals surface area contributed by atoms with Crippen molar-refractivity contribution in [2.45, 2.75) is 38.6 Å². The maximum absolute atomic E-state index is 12.1. The number of urea groups is 1. The van der Waals surface area contributed by atoms with E-state index in [1.54, 1.807) is 7.11 Å². The van der Waals surface area contributed by atoms with E-state index in [4.69, 9.17) is 4.74 Å². The molecule has 2 rings (SSSR count). The number of aryl methyl sites for hydroxylation is 1. The van der Waals surface area contributed by atoms with E-state index in [9.17, 15) is 9.90 Å². The molecule has 2 atom stereocenters. The van der Waals surface area contributed by atoms with E-state index in [0.29, 0.717) is 0 Å². The summed E-state index contributed by atoms with van der Waals surface area (Å²) < 4.78 is 5.20. The summed E-state index contributed by atoms with van der Waals surface area (Å²) in [6.07, 6.45) is 4.13. The van der Waals surface area contributed by atoms with Crippen LogP contribution in [0.15, 0.2) is 18.2 Å². The number of aliphatic hydroxyl groups is 1. The van der Waals surface area contributed by atoms with Crippen LogP contribution < -0.4 is 15.4 Å². The highest BCUT2D eigenvalue weighted by Gasteiger charge is 2.25. The molecular weight excluding hydrogens is 268 g/mol. The lowest BCUT2D eigenvalue weighted by Crippen LogP contribution is -2.45. The zero-order valence-electron chi connectivity index (χ0n) is 12.7. The van der Waals surface area contributed by atoms with Crippen LogP contribution in [0.25, 0.3) is 0 Å². The second kappa shape index (κ2) is 7.31. The SMILES string of the molecule is COc1ccc(NC(=O)N[C@H]2CCCC[C@H]2CO)cc1C. The average molecular weight is 292 g/mol. The van der Waals surface area contributed by atoms with Gasteiger partial charge in [-0.15, -0.1) is 0 Å². The number of ether oxygens (including phenoxy) is 1. The summed E-state index contributed by atoms with van der Waals surface area (Å²) in [5.41, 5.74) is 1.71. The minimum atomic E-state index is -0.218. The van der Waals surface area contributed by atoms with Gasteiger partial charge in [-0.05, 0) is 43.5 Å². The molecular formula is C16H24N2O3. The van der Waals surface area contributed by atoms with Gasteiger partial charge in [-0.3, -0.25) is 0 Å². The monoisotopic (exact) mass is 292 g/mol. The number of hydrogen-bond donors (Lipinski definition) is 3. The van der Waals surface area contributed by atoms with Crippen LogP contribution in [-0.2, 0) is 0 Å². The van der Waals surface area contributed by atoms with Crippen LogP contribution >= 0.6 is 0 Å². The van der Waals surface area contributed by atoms with Crippen molar-refractivity contribution >= 4 is 11.7 Å². The van der Waals surface area contributed by atoms with Crippen LogP contribution in [0.1, 0.15) is 31.2 Å². The lowest BCUT2D eigenvalue weighted by molar-refractivity contribution is 0.156. The van der Waals surface area contributed by atoms with Gasteiger partial charge in [-0.25, -0.2) is 4.79 Å². The van der Waals surface area contributed by atoms with Gasteiger partial charge in [-0.2, -0.15) is 0 Å². The van der Waals surface area contributed by atoms with Crippen LogP contribution in [0.3, 0.4) is 0 Å². The largest absolute Gasteiger partial charge is 0.496 e. The van der Waals surface area contributed by atoms with Crippen molar-refractivity contribution < 1.29 is 14.6 Å². The van der Waals surface area contributed by atoms with Gasteiger partial charge in [0.25, 0.3) is 0 Å². The summed E-state index contributed by atoms with van der Waals surface area (Å²) in [7, 11) is 1.63. The molecule has 1 saturated carbocycles. The van der Waals surface area contributed by atoms with E-state index < -0.39 is 0 Å². The predicted octanol–water partition coefficient (Wildman–Crippen LogP) is 2.68. The first-order valence-corrected chi connectivity index (χ1v) is 7.47. The number of hydrogen-bond acceptors (Lipinski definition) is 3. The molecule has 5 heteroatoms.